The SMILES string of the molecule is CCCCCCCCCCCCCCCCCCCC/C=C/C(O)C(CO)NC(=O)C(O)CCCCCCCCCCCCCCCCCCCCCCCCCCCCCCCCCCCCCCCC. The fraction of sp³-hybridized carbons (Fsp3) is 0.955. The Morgan fingerprint density at radius 3 is 0.764 bits per heavy atom. The van der Waals surface area contributed by atoms with Crippen molar-refractivity contribution in [1.29, 1.82) is 0 Å². The van der Waals surface area contributed by atoms with E-state index < -0.39 is 24.2 Å². The Labute approximate surface area is 452 Å². The third-order valence-corrected chi connectivity index (χ3v) is 16.1. The molecule has 0 rings (SSSR count). The van der Waals surface area contributed by atoms with E-state index in [9.17, 15) is 20.1 Å². The first-order valence-electron chi connectivity index (χ1n) is 33.5. The van der Waals surface area contributed by atoms with Gasteiger partial charge in [0.15, 0.2) is 0 Å². The van der Waals surface area contributed by atoms with Gasteiger partial charge in [0.05, 0.1) is 18.8 Å². The molecule has 4 N–H and O–H groups in total. The highest BCUT2D eigenvalue weighted by molar-refractivity contribution is 5.80. The number of aliphatic hydroxyl groups is 3. The molecule has 3 atom stereocenters. The van der Waals surface area contributed by atoms with Crippen molar-refractivity contribution in [1.82, 2.24) is 5.32 Å². The van der Waals surface area contributed by atoms with Crippen LogP contribution in [0.4, 0.5) is 0 Å². The molecule has 0 aromatic carbocycles. The Balaban J connectivity index is 3.43. The van der Waals surface area contributed by atoms with Crippen molar-refractivity contribution < 1.29 is 20.1 Å². The molecule has 0 heterocycles. The molecule has 3 unspecified atom stereocenters. The van der Waals surface area contributed by atoms with Gasteiger partial charge in [-0.2, -0.15) is 0 Å². The van der Waals surface area contributed by atoms with Crippen molar-refractivity contribution in [3.05, 3.63) is 12.2 Å². The summed E-state index contributed by atoms with van der Waals surface area (Å²) in [5.41, 5.74) is 0. The van der Waals surface area contributed by atoms with Crippen LogP contribution in [0.1, 0.15) is 386 Å². The first-order chi connectivity index (χ1) is 35.6. The quantitative estimate of drug-likeness (QED) is 0.0361. The minimum Gasteiger partial charge on any atom is -0.394 e. The molecule has 5 nitrogen and oxygen atoms in total. The van der Waals surface area contributed by atoms with Gasteiger partial charge in [-0.05, 0) is 19.3 Å². The van der Waals surface area contributed by atoms with E-state index in [0.29, 0.717) is 6.42 Å². The molecule has 0 spiro atoms. The van der Waals surface area contributed by atoms with Crippen LogP contribution in [0, 0.1) is 0 Å². The van der Waals surface area contributed by atoms with E-state index in [0.717, 1.165) is 32.1 Å². The summed E-state index contributed by atoms with van der Waals surface area (Å²) in [4.78, 5) is 12.6. The van der Waals surface area contributed by atoms with Crippen molar-refractivity contribution in [2.45, 2.75) is 405 Å². The predicted molar refractivity (Wildman–Crippen MR) is 319 cm³/mol. The van der Waals surface area contributed by atoms with Gasteiger partial charge in [-0.15, -0.1) is 0 Å². The average Bonchev–Trinajstić information content (AvgIpc) is 3.39. The number of carbonyl (C=O) groups is 1. The molecular weight excluding hydrogens is 883 g/mol. The molecule has 430 valence electrons. The monoisotopic (exact) mass is 1020 g/mol. The zero-order valence-corrected chi connectivity index (χ0v) is 49.4. The molecule has 0 saturated heterocycles. The topological polar surface area (TPSA) is 89.8 Å². The Morgan fingerprint density at radius 2 is 0.542 bits per heavy atom. The number of carbonyl (C=O) groups excluding carboxylic acids is 1. The Hall–Kier alpha value is -0.910. The first-order valence-corrected chi connectivity index (χ1v) is 33.5. The first kappa shape index (κ1) is 71.1. The van der Waals surface area contributed by atoms with E-state index in [-0.39, 0.29) is 6.61 Å². The number of amides is 1. The number of aliphatic hydroxyl groups excluding tert-OH is 3. The maximum Gasteiger partial charge on any atom is 0.249 e. The van der Waals surface area contributed by atoms with E-state index in [1.54, 1.807) is 6.08 Å². The number of unbranched alkanes of at least 4 members (excludes halogenated alkanes) is 55. The highest BCUT2D eigenvalue weighted by Gasteiger charge is 2.22. The molecule has 1 amide bonds. The van der Waals surface area contributed by atoms with Crippen LogP contribution in [0.3, 0.4) is 0 Å². The lowest BCUT2D eigenvalue weighted by Crippen LogP contribution is -2.48. The summed E-state index contributed by atoms with van der Waals surface area (Å²) in [7, 11) is 0. The highest BCUT2D eigenvalue weighted by Crippen LogP contribution is 2.19. The van der Waals surface area contributed by atoms with Crippen LogP contribution in [-0.4, -0.2) is 46.1 Å². The van der Waals surface area contributed by atoms with Gasteiger partial charge in [-0.1, -0.05) is 379 Å². The molecule has 0 fully saturated rings. The molecular formula is C67H133NO4. The van der Waals surface area contributed by atoms with Crippen molar-refractivity contribution in [2.75, 3.05) is 6.61 Å². The Bertz CT molecular complexity index is 1030. The molecule has 0 aromatic rings. The third kappa shape index (κ3) is 56.8. The maximum atomic E-state index is 12.6. The lowest BCUT2D eigenvalue weighted by atomic mass is 10.0. The van der Waals surface area contributed by atoms with E-state index in [1.165, 1.54) is 334 Å². The lowest BCUT2D eigenvalue weighted by molar-refractivity contribution is -0.131. The molecule has 0 bridgehead atoms. The zero-order valence-electron chi connectivity index (χ0n) is 49.4. The fourth-order valence-corrected chi connectivity index (χ4v) is 11.0. The molecule has 5 heteroatoms. The van der Waals surface area contributed by atoms with Gasteiger partial charge in [-0.25, -0.2) is 0 Å². The highest BCUT2D eigenvalue weighted by atomic mass is 16.3. The molecule has 0 aliphatic carbocycles. The normalized spacial score (nSPS) is 13.1. The van der Waals surface area contributed by atoms with E-state index >= 15 is 0 Å². The smallest absolute Gasteiger partial charge is 0.249 e. The molecule has 0 aliphatic rings. The van der Waals surface area contributed by atoms with Crippen molar-refractivity contribution in [2.24, 2.45) is 0 Å². The summed E-state index contributed by atoms with van der Waals surface area (Å²) in [6, 6.07) is -0.795. The third-order valence-electron chi connectivity index (χ3n) is 16.1. The van der Waals surface area contributed by atoms with E-state index in [4.69, 9.17) is 0 Å². The summed E-state index contributed by atoms with van der Waals surface area (Å²) < 4.78 is 0. The van der Waals surface area contributed by atoms with Gasteiger partial charge in [0, 0.05) is 0 Å². The summed E-state index contributed by atoms with van der Waals surface area (Å²) in [6.45, 7) is 4.24. The van der Waals surface area contributed by atoms with Crippen LogP contribution >= 0.6 is 0 Å². The van der Waals surface area contributed by atoms with Gasteiger partial charge in [0.1, 0.15) is 6.10 Å². The molecule has 0 saturated carbocycles. The number of allylic oxidation sites excluding steroid dienone is 1. The summed E-state index contributed by atoms with van der Waals surface area (Å²) >= 11 is 0. The summed E-state index contributed by atoms with van der Waals surface area (Å²) in [6.07, 6.45) is 80.7. The minimum atomic E-state index is -1.09. The van der Waals surface area contributed by atoms with Crippen LogP contribution in [0.15, 0.2) is 12.2 Å². The van der Waals surface area contributed by atoms with Gasteiger partial charge in [0.25, 0.3) is 0 Å². The van der Waals surface area contributed by atoms with Crippen molar-refractivity contribution >= 4 is 5.91 Å². The van der Waals surface area contributed by atoms with Gasteiger partial charge in [-0.3, -0.25) is 4.79 Å². The van der Waals surface area contributed by atoms with Crippen LogP contribution in [0.5, 0.6) is 0 Å². The van der Waals surface area contributed by atoms with Crippen LogP contribution in [0.25, 0.3) is 0 Å². The molecule has 0 radical (unpaired) electrons. The van der Waals surface area contributed by atoms with Crippen LogP contribution in [0.2, 0.25) is 0 Å². The second-order valence-corrected chi connectivity index (χ2v) is 23.4. The molecule has 0 aromatic heterocycles. The fourth-order valence-electron chi connectivity index (χ4n) is 11.0. The molecule has 0 aliphatic heterocycles. The number of nitrogens with one attached hydrogen (secondary N) is 1. The second-order valence-electron chi connectivity index (χ2n) is 23.4. The number of hydrogen-bond donors (Lipinski definition) is 4. The summed E-state index contributed by atoms with van der Waals surface area (Å²) in [5.74, 6) is -0.494. The number of rotatable bonds is 63. The largest absolute Gasteiger partial charge is 0.394 e. The Morgan fingerprint density at radius 1 is 0.333 bits per heavy atom. The Kier molecular flexibility index (Phi) is 61.8. The van der Waals surface area contributed by atoms with Gasteiger partial charge >= 0.3 is 0 Å². The summed E-state index contributed by atoms with van der Waals surface area (Å²) in [5, 5.41) is 33.5. The van der Waals surface area contributed by atoms with E-state index in [2.05, 4.69) is 19.2 Å². The van der Waals surface area contributed by atoms with Crippen molar-refractivity contribution in [3.63, 3.8) is 0 Å². The van der Waals surface area contributed by atoms with Gasteiger partial charge < -0.3 is 20.6 Å². The molecule has 72 heavy (non-hydrogen) atoms. The van der Waals surface area contributed by atoms with Crippen LogP contribution in [-0.2, 0) is 4.79 Å². The van der Waals surface area contributed by atoms with E-state index in [1.807, 2.05) is 6.08 Å². The van der Waals surface area contributed by atoms with Crippen LogP contribution < -0.4 is 5.32 Å². The standard InChI is InChI=1S/C67H133NO4/c1-3-5-7-9-11-13-15-17-19-21-23-25-26-27-28-29-30-31-32-33-34-35-36-37-38-39-40-41-42-44-46-48-50-52-54-56-58-60-62-66(71)67(72)68-64(63-69)65(70)61-59-57-55-53-51-49-47-45-43-24-22-20-18-16-14-12-10-8-6-4-2/h59,61,64-66,69-71H,3-58,60,62-63H2,1-2H3,(H,68,72)/b61-59+. The average molecular weight is 1020 g/mol. The van der Waals surface area contributed by atoms with Gasteiger partial charge in [0.2, 0.25) is 5.91 Å². The zero-order chi connectivity index (χ0) is 52.2. The second kappa shape index (κ2) is 62.6. The maximum absolute atomic E-state index is 12.6. The minimum absolute atomic E-state index is 0.358. The van der Waals surface area contributed by atoms with Crippen molar-refractivity contribution in [3.8, 4) is 0 Å². The number of hydrogen-bond acceptors (Lipinski definition) is 4. The predicted octanol–water partition coefficient (Wildman–Crippen LogP) is 21.4. The lowest BCUT2D eigenvalue weighted by Gasteiger charge is -2.21.